The van der Waals surface area contributed by atoms with Gasteiger partial charge < -0.3 is 9.64 Å². The van der Waals surface area contributed by atoms with Gasteiger partial charge in [0, 0.05) is 38.9 Å². The first-order valence-corrected chi connectivity index (χ1v) is 6.08. The molecule has 1 rings (SSSR count). The molecule has 1 aromatic rings. The second-order valence-corrected chi connectivity index (χ2v) is 4.28. The standard InChI is InChI=1S/C13H20ClNO/c1-11-9-13(6-5-12(11)10-14)15(2)7-4-8-16-3/h5-6,9H,4,7-8,10H2,1-3H3. The number of halogens is 1. The van der Waals surface area contributed by atoms with Crippen molar-refractivity contribution in [2.45, 2.75) is 19.2 Å². The number of benzene rings is 1. The van der Waals surface area contributed by atoms with Gasteiger partial charge in [0.15, 0.2) is 0 Å². The van der Waals surface area contributed by atoms with E-state index in [2.05, 4.69) is 37.1 Å². The summed E-state index contributed by atoms with van der Waals surface area (Å²) in [6.45, 7) is 3.92. The smallest absolute Gasteiger partial charge is 0.0479 e. The van der Waals surface area contributed by atoms with Crippen LogP contribution < -0.4 is 4.90 Å². The first-order chi connectivity index (χ1) is 7.69. The SMILES string of the molecule is COCCCN(C)c1ccc(CCl)c(C)c1. The molecule has 90 valence electrons. The average Bonchev–Trinajstić information content (AvgIpc) is 2.29. The molecule has 3 heteroatoms. The number of rotatable bonds is 6. The number of hydrogen-bond acceptors (Lipinski definition) is 2. The van der Waals surface area contributed by atoms with Gasteiger partial charge >= 0.3 is 0 Å². The number of hydrogen-bond donors (Lipinski definition) is 0. The molecule has 0 aliphatic carbocycles. The zero-order valence-corrected chi connectivity index (χ0v) is 11.0. The molecule has 0 fully saturated rings. The minimum absolute atomic E-state index is 0.583. The van der Waals surface area contributed by atoms with Crippen LogP contribution in [0.2, 0.25) is 0 Å². The molecule has 16 heavy (non-hydrogen) atoms. The van der Waals surface area contributed by atoms with Crippen molar-refractivity contribution in [2.24, 2.45) is 0 Å². The zero-order chi connectivity index (χ0) is 12.0. The lowest BCUT2D eigenvalue weighted by Gasteiger charge is -2.20. The van der Waals surface area contributed by atoms with Crippen LogP contribution in [-0.2, 0) is 10.6 Å². The van der Waals surface area contributed by atoms with Crippen LogP contribution >= 0.6 is 11.6 Å². The Morgan fingerprint density at radius 2 is 2.12 bits per heavy atom. The van der Waals surface area contributed by atoms with E-state index in [-0.39, 0.29) is 0 Å². The van der Waals surface area contributed by atoms with Crippen molar-refractivity contribution in [2.75, 3.05) is 32.2 Å². The van der Waals surface area contributed by atoms with Gasteiger partial charge in [-0.05, 0) is 36.6 Å². The first kappa shape index (κ1) is 13.3. The molecule has 0 atom stereocenters. The van der Waals surface area contributed by atoms with Gasteiger partial charge in [-0.2, -0.15) is 0 Å². The second-order valence-electron chi connectivity index (χ2n) is 4.01. The van der Waals surface area contributed by atoms with Gasteiger partial charge in [0.25, 0.3) is 0 Å². The highest BCUT2D eigenvalue weighted by Crippen LogP contribution is 2.19. The highest BCUT2D eigenvalue weighted by Gasteiger charge is 2.03. The van der Waals surface area contributed by atoms with Crippen LogP contribution in [0.25, 0.3) is 0 Å². The molecule has 0 unspecified atom stereocenters. The summed E-state index contributed by atoms with van der Waals surface area (Å²) in [5.41, 5.74) is 3.70. The molecule has 0 N–H and O–H groups in total. The predicted octanol–water partition coefficient (Wildman–Crippen LogP) is 3.21. The largest absolute Gasteiger partial charge is 0.385 e. The Morgan fingerprint density at radius 3 is 2.69 bits per heavy atom. The average molecular weight is 242 g/mol. The maximum Gasteiger partial charge on any atom is 0.0479 e. The van der Waals surface area contributed by atoms with E-state index in [0.29, 0.717) is 5.88 Å². The molecule has 1 aromatic carbocycles. The second kappa shape index (κ2) is 6.77. The van der Waals surface area contributed by atoms with Crippen molar-refractivity contribution in [3.05, 3.63) is 29.3 Å². The lowest BCUT2D eigenvalue weighted by molar-refractivity contribution is 0.196. The third-order valence-electron chi connectivity index (χ3n) is 2.75. The topological polar surface area (TPSA) is 12.5 Å². The summed E-state index contributed by atoms with van der Waals surface area (Å²) in [6, 6.07) is 6.41. The molecule has 0 amide bonds. The summed E-state index contributed by atoms with van der Waals surface area (Å²) in [5.74, 6) is 0.583. The van der Waals surface area contributed by atoms with E-state index >= 15 is 0 Å². The van der Waals surface area contributed by atoms with E-state index in [4.69, 9.17) is 16.3 Å². The molecule has 0 aliphatic rings. The molecule has 2 nitrogen and oxygen atoms in total. The van der Waals surface area contributed by atoms with Gasteiger partial charge in [0.2, 0.25) is 0 Å². The molecular formula is C13H20ClNO. The van der Waals surface area contributed by atoms with Gasteiger partial charge in [0.05, 0.1) is 0 Å². The normalized spacial score (nSPS) is 10.5. The fourth-order valence-electron chi connectivity index (χ4n) is 1.64. The van der Waals surface area contributed by atoms with Crippen LogP contribution in [0.4, 0.5) is 5.69 Å². The molecule has 0 aromatic heterocycles. The summed E-state index contributed by atoms with van der Waals surface area (Å²) in [4.78, 5) is 2.24. The maximum absolute atomic E-state index is 5.84. The number of alkyl halides is 1. The summed E-state index contributed by atoms with van der Waals surface area (Å²) in [6.07, 6.45) is 1.04. The van der Waals surface area contributed by atoms with Crippen molar-refractivity contribution >= 4 is 17.3 Å². The molecule has 0 saturated carbocycles. The van der Waals surface area contributed by atoms with E-state index in [1.165, 1.54) is 16.8 Å². The third kappa shape index (κ3) is 3.69. The Hall–Kier alpha value is -0.730. The minimum Gasteiger partial charge on any atom is -0.385 e. The number of ether oxygens (including phenoxy) is 1. The van der Waals surface area contributed by atoms with Gasteiger partial charge in [-0.15, -0.1) is 11.6 Å². The molecular weight excluding hydrogens is 222 g/mol. The Bertz CT molecular complexity index is 328. The molecule has 0 bridgehead atoms. The number of aryl methyl sites for hydroxylation is 1. The van der Waals surface area contributed by atoms with E-state index in [1.54, 1.807) is 7.11 Å². The summed E-state index contributed by atoms with van der Waals surface area (Å²) < 4.78 is 5.04. The number of anilines is 1. The Kier molecular flexibility index (Phi) is 5.64. The van der Waals surface area contributed by atoms with Crippen molar-refractivity contribution in [3.8, 4) is 0 Å². The quantitative estimate of drug-likeness (QED) is 0.560. The molecule has 0 heterocycles. The monoisotopic (exact) mass is 241 g/mol. The fourth-order valence-corrected chi connectivity index (χ4v) is 1.94. The molecule has 0 aliphatic heterocycles. The van der Waals surface area contributed by atoms with Crippen molar-refractivity contribution in [1.29, 1.82) is 0 Å². The van der Waals surface area contributed by atoms with Gasteiger partial charge in [-0.25, -0.2) is 0 Å². The third-order valence-corrected chi connectivity index (χ3v) is 3.04. The van der Waals surface area contributed by atoms with Crippen LogP contribution in [0, 0.1) is 6.92 Å². The summed E-state index contributed by atoms with van der Waals surface area (Å²) >= 11 is 5.84. The predicted molar refractivity (Wildman–Crippen MR) is 70.5 cm³/mol. The van der Waals surface area contributed by atoms with Crippen molar-refractivity contribution in [1.82, 2.24) is 0 Å². The van der Waals surface area contributed by atoms with Gasteiger partial charge in [0.1, 0.15) is 0 Å². The first-order valence-electron chi connectivity index (χ1n) is 5.54. The highest BCUT2D eigenvalue weighted by molar-refractivity contribution is 6.17. The van der Waals surface area contributed by atoms with E-state index in [1.807, 2.05) is 0 Å². The van der Waals surface area contributed by atoms with Gasteiger partial charge in [-0.3, -0.25) is 0 Å². The molecule has 0 radical (unpaired) electrons. The number of methoxy groups -OCH3 is 1. The fraction of sp³-hybridized carbons (Fsp3) is 0.538. The van der Waals surface area contributed by atoms with E-state index in [0.717, 1.165) is 19.6 Å². The van der Waals surface area contributed by atoms with Crippen LogP contribution in [0.1, 0.15) is 17.5 Å². The van der Waals surface area contributed by atoms with Crippen molar-refractivity contribution < 1.29 is 4.74 Å². The molecule has 0 saturated heterocycles. The highest BCUT2D eigenvalue weighted by atomic mass is 35.5. The van der Waals surface area contributed by atoms with Crippen LogP contribution in [0.3, 0.4) is 0 Å². The minimum atomic E-state index is 0.583. The molecule has 0 spiro atoms. The van der Waals surface area contributed by atoms with Crippen LogP contribution in [-0.4, -0.2) is 27.3 Å². The van der Waals surface area contributed by atoms with E-state index in [9.17, 15) is 0 Å². The lowest BCUT2D eigenvalue weighted by atomic mass is 10.1. The van der Waals surface area contributed by atoms with Crippen LogP contribution in [0.15, 0.2) is 18.2 Å². The Labute approximate surface area is 103 Å². The van der Waals surface area contributed by atoms with E-state index < -0.39 is 0 Å². The summed E-state index contributed by atoms with van der Waals surface area (Å²) in [5, 5.41) is 0. The maximum atomic E-state index is 5.84. The Balaban J connectivity index is 2.62. The Morgan fingerprint density at radius 1 is 1.38 bits per heavy atom. The van der Waals surface area contributed by atoms with Crippen LogP contribution in [0.5, 0.6) is 0 Å². The number of nitrogens with zero attached hydrogens (tertiary/aromatic N) is 1. The van der Waals surface area contributed by atoms with Gasteiger partial charge in [-0.1, -0.05) is 6.07 Å². The van der Waals surface area contributed by atoms with Crippen molar-refractivity contribution in [3.63, 3.8) is 0 Å². The summed E-state index contributed by atoms with van der Waals surface area (Å²) in [7, 11) is 3.84. The zero-order valence-electron chi connectivity index (χ0n) is 10.3. The lowest BCUT2D eigenvalue weighted by Crippen LogP contribution is -2.19.